The van der Waals surface area contributed by atoms with E-state index in [1.54, 1.807) is 0 Å². The van der Waals surface area contributed by atoms with E-state index >= 15 is 0 Å². The fourth-order valence-electron chi connectivity index (χ4n) is 5.05. The lowest BCUT2D eigenvalue weighted by Crippen LogP contribution is -2.48. The third-order valence-electron chi connectivity index (χ3n) is 6.16. The number of hydrogen-bond acceptors (Lipinski definition) is 3. The molecule has 2 bridgehead atoms. The van der Waals surface area contributed by atoms with Crippen LogP contribution in [0.5, 0.6) is 0 Å². The molecule has 4 nitrogen and oxygen atoms in total. The number of amides is 1. The molecule has 3 aliphatic rings. The third kappa shape index (κ3) is 6.35. The normalized spacial score (nSPS) is 30.1. The molecule has 152 valence electrons. The molecule has 0 aromatic heterocycles. The van der Waals surface area contributed by atoms with E-state index in [9.17, 15) is 4.79 Å². The quantitative estimate of drug-likeness (QED) is 0.775. The Balaban J connectivity index is 0.00000131. The third-order valence-corrected chi connectivity index (χ3v) is 6.16. The molecule has 4 rings (SSSR count). The lowest BCUT2D eigenvalue weighted by molar-refractivity contribution is -0.123. The lowest BCUT2D eigenvalue weighted by atomic mass is 9.89. The largest absolute Gasteiger partial charge is 0.352 e. The molecule has 6 heteroatoms. The Kier molecular flexibility index (Phi) is 8.87. The minimum Gasteiger partial charge on any atom is -0.352 e. The summed E-state index contributed by atoms with van der Waals surface area (Å²) >= 11 is 0. The summed E-state index contributed by atoms with van der Waals surface area (Å²) in [6.07, 6.45) is 8.01. The molecular formula is C21H33Cl2N3O. The zero-order chi connectivity index (χ0) is 17.1. The Bertz CT molecular complexity index is 574. The molecule has 3 heterocycles. The SMILES string of the molecule is Cl.Cl.O=C(CC1CC2CCC(C1)N2)NC1CCCN(Cc2ccccc2)C1. The molecule has 3 aliphatic heterocycles. The number of carbonyl (C=O) groups is 1. The van der Waals surface area contributed by atoms with E-state index in [0.29, 0.717) is 24.0 Å². The summed E-state index contributed by atoms with van der Waals surface area (Å²) in [7, 11) is 0. The molecule has 3 unspecified atom stereocenters. The van der Waals surface area contributed by atoms with Crippen molar-refractivity contribution in [3.05, 3.63) is 35.9 Å². The van der Waals surface area contributed by atoms with Crippen LogP contribution < -0.4 is 10.6 Å². The molecule has 1 aromatic rings. The minimum atomic E-state index is 0. The molecule has 1 aromatic carbocycles. The molecule has 0 spiro atoms. The highest BCUT2D eigenvalue weighted by atomic mass is 35.5. The smallest absolute Gasteiger partial charge is 0.220 e. The number of nitrogens with zero attached hydrogens (tertiary/aromatic N) is 1. The number of nitrogens with one attached hydrogen (secondary N) is 2. The van der Waals surface area contributed by atoms with Crippen molar-refractivity contribution in [3.8, 4) is 0 Å². The topological polar surface area (TPSA) is 44.4 Å². The molecule has 0 radical (unpaired) electrons. The number of carbonyl (C=O) groups excluding carboxylic acids is 1. The lowest BCUT2D eigenvalue weighted by Gasteiger charge is -2.34. The van der Waals surface area contributed by atoms with Gasteiger partial charge in [-0.2, -0.15) is 0 Å². The van der Waals surface area contributed by atoms with E-state index < -0.39 is 0 Å². The monoisotopic (exact) mass is 413 g/mol. The molecule has 3 fully saturated rings. The molecule has 0 saturated carbocycles. The van der Waals surface area contributed by atoms with E-state index in [1.807, 2.05) is 0 Å². The first-order valence-corrected chi connectivity index (χ1v) is 10.1. The van der Waals surface area contributed by atoms with Gasteiger partial charge < -0.3 is 10.6 Å². The number of fused-ring (bicyclic) bond motifs is 2. The van der Waals surface area contributed by atoms with Crippen molar-refractivity contribution in [1.82, 2.24) is 15.5 Å². The Hall–Kier alpha value is -0.810. The van der Waals surface area contributed by atoms with Crippen LogP contribution in [0.4, 0.5) is 0 Å². The van der Waals surface area contributed by atoms with Crippen LogP contribution in [0.2, 0.25) is 0 Å². The van der Waals surface area contributed by atoms with Gasteiger partial charge in [-0.25, -0.2) is 0 Å². The van der Waals surface area contributed by atoms with Gasteiger partial charge >= 0.3 is 0 Å². The number of halogens is 2. The van der Waals surface area contributed by atoms with E-state index in [-0.39, 0.29) is 30.7 Å². The second-order valence-corrected chi connectivity index (χ2v) is 8.31. The zero-order valence-electron chi connectivity index (χ0n) is 15.9. The van der Waals surface area contributed by atoms with E-state index in [0.717, 1.165) is 32.5 Å². The van der Waals surface area contributed by atoms with Crippen LogP contribution in [-0.4, -0.2) is 42.0 Å². The minimum absolute atomic E-state index is 0. The highest BCUT2D eigenvalue weighted by Gasteiger charge is 2.34. The summed E-state index contributed by atoms with van der Waals surface area (Å²) in [5, 5.41) is 7.00. The number of hydrogen-bond donors (Lipinski definition) is 2. The molecule has 1 amide bonds. The first-order valence-electron chi connectivity index (χ1n) is 10.1. The van der Waals surface area contributed by atoms with Gasteiger partial charge in [0, 0.05) is 37.6 Å². The second kappa shape index (κ2) is 10.7. The van der Waals surface area contributed by atoms with Crippen molar-refractivity contribution in [3.63, 3.8) is 0 Å². The molecule has 27 heavy (non-hydrogen) atoms. The van der Waals surface area contributed by atoms with Crippen molar-refractivity contribution in [2.75, 3.05) is 13.1 Å². The van der Waals surface area contributed by atoms with Crippen LogP contribution in [0.25, 0.3) is 0 Å². The molecule has 0 aliphatic carbocycles. The Labute approximate surface area is 175 Å². The summed E-state index contributed by atoms with van der Waals surface area (Å²) in [4.78, 5) is 15.0. The van der Waals surface area contributed by atoms with Crippen molar-refractivity contribution < 1.29 is 4.79 Å². The fourth-order valence-corrected chi connectivity index (χ4v) is 5.05. The average Bonchev–Trinajstić information content (AvgIpc) is 2.94. The Morgan fingerprint density at radius 3 is 2.48 bits per heavy atom. The highest BCUT2D eigenvalue weighted by Crippen LogP contribution is 2.32. The van der Waals surface area contributed by atoms with E-state index in [1.165, 1.54) is 37.7 Å². The molecular weight excluding hydrogens is 381 g/mol. The van der Waals surface area contributed by atoms with Gasteiger partial charge in [-0.05, 0) is 56.6 Å². The summed E-state index contributed by atoms with van der Waals surface area (Å²) < 4.78 is 0. The van der Waals surface area contributed by atoms with Crippen molar-refractivity contribution in [2.24, 2.45) is 5.92 Å². The van der Waals surface area contributed by atoms with Gasteiger partial charge in [0.1, 0.15) is 0 Å². The number of likely N-dealkylation sites (tertiary alicyclic amines) is 1. The van der Waals surface area contributed by atoms with Crippen LogP contribution >= 0.6 is 24.8 Å². The predicted octanol–water partition coefficient (Wildman–Crippen LogP) is 3.53. The zero-order valence-corrected chi connectivity index (χ0v) is 17.6. The van der Waals surface area contributed by atoms with Gasteiger partial charge in [0.05, 0.1) is 0 Å². The number of rotatable bonds is 5. The number of piperidine rings is 2. The molecule has 3 atom stereocenters. The fraction of sp³-hybridized carbons (Fsp3) is 0.667. The van der Waals surface area contributed by atoms with Gasteiger partial charge in [-0.1, -0.05) is 30.3 Å². The van der Waals surface area contributed by atoms with Gasteiger partial charge in [-0.3, -0.25) is 9.69 Å². The molecule has 3 saturated heterocycles. The summed E-state index contributed by atoms with van der Waals surface area (Å²) in [5.74, 6) is 0.862. The maximum atomic E-state index is 12.5. The van der Waals surface area contributed by atoms with Crippen LogP contribution in [0.3, 0.4) is 0 Å². The van der Waals surface area contributed by atoms with Crippen LogP contribution in [-0.2, 0) is 11.3 Å². The maximum absolute atomic E-state index is 12.5. The van der Waals surface area contributed by atoms with Gasteiger partial charge in [0.25, 0.3) is 0 Å². The average molecular weight is 414 g/mol. The van der Waals surface area contributed by atoms with E-state index in [2.05, 4.69) is 45.9 Å². The van der Waals surface area contributed by atoms with Gasteiger partial charge in [-0.15, -0.1) is 24.8 Å². The van der Waals surface area contributed by atoms with Gasteiger partial charge in [0.2, 0.25) is 5.91 Å². The van der Waals surface area contributed by atoms with Crippen LogP contribution in [0, 0.1) is 5.92 Å². The Morgan fingerprint density at radius 2 is 1.78 bits per heavy atom. The maximum Gasteiger partial charge on any atom is 0.220 e. The first-order chi connectivity index (χ1) is 12.2. The first kappa shape index (κ1) is 22.5. The van der Waals surface area contributed by atoms with Crippen molar-refractivity contribution in [1.29, 1.82) is 0 Å². The number of benzene rings is 1. The van der Waals surface area contributed by atoms with Crippen molar-refractivity contribution >= 4 is 30.7 Å². The van der Waals surface area contributed by atoms with Crippen molar-refractivity contribution in [2.45, 2.75) is 69.6 Å². The molecule has 2 N–H and O–H groups in total. The van der Waals surface area contributed by atoms with Crippen LogP contribution in [0.15, 0.2) is 30.3 Å². The highest BCUT2D eigenvalue weighted by molar-refractivity contribution is 5.85. The predicted molar refractivity (Wildman–Crippen MR) is 115 cm³/mol. The van der Waals surface area contributed by atoms with Gasteiger partial charge in [0.15, 0.2) is 0 Å². The summed E-state index contributed by atoms with van der Waals surface area (Å²) in [5.41, 5.74) is 1.36. The second-order valence-electron chi connectivity index (χ2n) is 8.31. The summed E-state index contributed by atoms with van der Waals surface area (Å²) in [6.45, 7) is 3.11. The Morgan fingerprint density at radius 1 is 1.07 bits per heavy atom. The summed E-state index contributed by atoms with van der Waals surface area (Å²) in [6, 6.07) is 12.3. The van der Waals surface area contributed by atoms with E-state index in [4.69, 9.17) is 0 Å². The standard InChI is InChI=1S/C21H31N3O.2ClH/c25-21(13-17-11-18-8-9-19(12-17)22-18)23-20-7-4-10-24(15-20)14-16-5-2-1-3-6-16;;/h1-3,5-6,17-20,22H,4,7-15H2,(H,23,25);2*1H. The van der Waals surface area contributed by atoms with Crippen LogP contribution in [0.1, 0.15) is 50.5 Å².